The molecular weight excluding hydrogens is 476 g/mol. The zero-order chi connectivity index (χ0) is 24.2. The molecule has 33 heavy (non-hydrogen) atoms. The van der Waals surface area contributed by atoms with Crippen molar-refractivity contribution in [3.8, 4) is 0 Å². The van der Waals surface area contributed by atoms with Gasteiger partial charge in [-0.1, -0.05) is 84.0 Å². The first-order valence-electron chi connectivity index (χ1n) is 11.8. The van der Waals surface area contributed by atoms with Crippen LogP contribution in [0.4, 0.5) is 0 Å². The summed E-state index contributed by atoms with van der Waals surface area (Å²) in [5.41, 5.74) is 5.96. The predicted molar refractivity (Wildman–Crippen MR) is 145 cm³/mol. The first kappa shape index (κ1) is 27.3. The molecule has 0 saturated carbocycles. The van der Waals surface area contributed by atoms with Gasteiger partial charge in [-0.2, -0.15) is 0 Å². The Bertz CT molecular complexity index is 885. The lowest BCUT2D eigenvalue weighted by molar-refractivity contribution is 0.193. The molecule has 0 bridgehead atoms. The zero-order valence-electron chi connectivity index (χ0n) is 20.8. The molecule has 1 N–H and O–H groups in total. The fraction of sp³-hybridized carbons (Fsp3) is 0.464. The SMILES string of the molecule is C=C(O/N=C(/c1ccc(/C(C)=C/C)cc1)C(C)C)C1CCNC1.COCC1=CC=C(Br)CC1. The van der Waals surface area contributed by atoms with Crippen LogP contribution >= 0.6 is 15.9 Å². The highest BCUT2D eigenvalue weighted by molar-refractivity contribution is 9.11. The van der Waals surface area contributed by atoms with E-state index in [0.717, 1.165) is 56.0 Å². The number of oxime groups is 1. The molecule has 1 unspecified atom stereocenters. The van der Waals surface area contributed by atoms with Crippen LogP contribution < -0.4 is 5.32 Å². The monoisotopic (exact) mass is 514 g/mol. The molecule has 1 fully saturated rings. The molecule has 1 heterocycles. The van der Waals surface area contributed by atoms with Crippen LogP contribution in [-0.4, -0.2) is 32.5 Å². The van der Waals surface area contributed by atoms with Gasteiger partial charge in [0.05, 0.1) is 12.3 Å². The molecule has 1 aliphatic heterocycles. The third kappa shape index (κ3) is 9.07. The zero-order valence-corrected chi connectivity index (χ0v) is 22.4. The molecule has 1 saturated heterocycles. The Hall–Kier alpha value is -1.95. The smallest absolute Gasteiger partial charge is 0.132 e. The third-order valence-corrected chi connectivity index (χ3v) is 6.57. The maximum atomic E-state index is 5.64. The highest BCUT2D eigenvalue weighted by Crippen LogP contribution is 2.22. The number of benzene rings is 1. The number of allylic oxidation sites excluding steroid dienone is 5. The summed E-state index contributed by atoms with van der Waals surface area (Å²) < 4.78 is 6.29. The lowest BCUT2D eigenvalue weighted by Crippen LogP contribution is -2.13. The number of hydrogen-bond donors (Lipinski definition) is 1. The number of ether oxygens (including phenoxy) is 1. The Morgan fingerprint density at radius 3 is 2.42 bits per heavy atom. The van der Waals surface area contributed by atoms with E-state index >= 15 is 0 Å². The molecule has 0 spiro atoms. The van der Waals surface area contributed by atoms with Crippen LogP contribution in [0.5, 0.6) is 0 Å². The summed E-state index contributed by atoms with van der Waals surface area (Å²) in [6.07, 6.45) is 9.66. The van der Waals surface area contributed by atoms with E-state index in [2.05, 4.69) is 103 Å². The third-order valence-electron chi connectivity index (χ3n) is 5.91. The Morgan fingerprint density at radius 2 is 1.91 bits per heavy atom. The van der Waals surface area contributed by atoms with Gasteiger partial charge >= 0.3 is 0 Å². The van der Waals surface area contributed by atoms with Gasteiger partial charge in [-0.25, -0.2) is 0 Å². The first-order valence-corrected chi connectivity index (χ1v) is 12.6. The van der Waals surface area contributed by atoms with Gasteiger partial charge < -0.3 is 14.9 Å². The fourth-order valence-corrected chi connectivity index (χ4v) is 3.96. The lowest BCUT2D eigenvalue weighted by Gasteiger charge is -2.14. The van der Waals surface area contributed by atoms with Crippen LogP contribution in [0, 0.1) is 11.8 Å². The predicted octanol–water partition coefficient (Wildman–Crippen LogP) is 7.24. The summed E-state index contributed by atoms with van der Waals surface area (Å²) in [4.78, 5) is 5.64. The van der Waals surface area contributed by atoms with E-state index < -0.39 is 0 Å². The average molecular weight is 516 g/mol. The van der Waals surface area contributed by atoms with Crippen LogP contribution in [0.25, 0.3) is 5.57 Å². The molecule has 5 heteroatoms. The molecule has 1 atom stereocenters. The Balaban J connectivity index is 0.000000321. The summed E-state index contributed by atoms with van der Waals surface area (Å²) in [7, 11) is 1.73. The number of methoxy groups -OCH3 is 1. The normalized spacial score (nSPS) is 18.9. The Morgan fingerprint density at radius 1 is 1.21 bits per heavy atom. The molecule has 1 aromatic rings. The summed E-state index contributed by atoms with van der Waals surface area (Å²) in [5, 5.41) is 7.73. The van der Waals surface area contributed by atoms with Gasteiger partial charge in [-0.05, 0) is 72.3 Å². The molecule has 1 aliphatic carbocycles. The van der Waals surface area contributed by atoms with Crippen LogP contribution in [0.3, 0.4) is 0 Å². The number of nitrogens with one attached hydrogen (secondary N) is 1. The van der Waals surface area contributed by atoms with Gasteiger partial charge in [0, 0.05) is 19.6 Å². The van der Waals surface area contributed by atoms with E-state index in [4.69, 9.17) is 9.57 Å². The number of nitrogens with zero attached hydrogens (tertiary/aromatic N) is 1. The van der Waals surface area contributed by atoms with Crippen molar-refractivity contribution in [2.75, 3.05) is 26.8 Å². The van der Waals surface area contributed by atoms with E-state index in [1.807, 2.05) is 0 Å². The van der Waals surface area contributed by atoms with Crippen LogP contribution in [0.15, 0.2) is 70.0 Å². The van der Waals surface area contributed by atoms with E-state index in [1.54, 1.807) is 7.11 Å². The molecule has 2 aliphatic rings. The second-order valence-electron chi connectivity index (χ2n) is 8.80. The van der Waals surface area contributed by atoms with Gasteiger partial charge in [-0.15, -0.1) is 0 Å². The van der Waals surface area contributed by atoms with E-state index in [1.165, 1.54) is 21.2 Å². The number of hydrogen-bond acceptors (Lipinski definition) is 4. The maximum Gasteiger partial charge on any atom is 0.132 e. The fourth-order valence-electron chi connectivity index (χ4n) is 3.63. The average Bonchev–Trinajstić information content (AvgIpc) is 3.36. The van der Waals surface area contributed by atoms with Crippen molar-refractivity contribution in [2.24, 2.45) is 17.0 Å². The van der Waals surface area contributed by atoms with Crippen molar-refractivity contribution in [2.45, 2.75) is 47.0 Å². The van der Waals surface area contributed by atoms with Crippen molar-refractivity contribution in [3.63, 3.8) is 0 Å². The minimum atomic E-state index is 0.290. The Kier molecular flexibility index (Phi) is 11.9. The quantitative estimate of drug-likeness (QED) is 0.225. The van der Waals surface area contributed by atoms with E-state index in [9.17, 15) is 0 Å². The number of halogens is 1. The Labute approximate surface area is 208 Å². The number of rotatable bonds is 8. The molecular formula is C28H39BrN2O2. The maximum absolute atomic E-state index is 5.64. The minimum Gasteiger partial charge on any atom is -0.380 e. The largest absolute Gasteiger partial charge is 0.380 e. The second-order valence-corrected chi connectivity index (χ2v) is 9.82. The van der Waals surface area contributed by atoms with Gasteiger partial charge in [0.15, 0.2) is 0 Å². The van der Waals surface area contributed by atoms with Crippen LogP contribution in [0.1, 0.15) is 58.1 Å². The highest BCUT2D eigenvalue weighted by Gasteiger charge is 2.20. The molecule has 0 aromatic heterocycles. The van der Waals surface area contributed by atoms with Crippen molar-refractivity contribution in [1.29, 1.82) is 0 Å². The molecule has 1 aromatic carbocycles. The highest BCUT2D eigenvalue weighted by atomic mass is 79.9. The first-order chi connectivity index (χ1) is 15.8. The van der Waals surface area contributed by atoms with E-state index in [-0.39, 0.29) is 5.92 Å². The molecule has 3 rings (SSSR count). The van der Waals surface area contributed by atoms with Gasteiger partial charge in [-0.3, -0.25) is 0 Å². The van der Waals surface area contributed by atoms with Gasteiger partial charge in [0.1, 0.15) is 5.76 Å². The summed E-state index contributed by atoms with van der Waals surface area (Å²) >= 11 is 3.44. The molecule has 180 valence electrons. The van der Waals surface area contributed by atoms with E-state index in [0.29, 0.717) is 5.92 Å². The standard InChI is InChI=1S/C20H28N2O.C8H11BrO/c1-6-15(4)17-7-9-18(10-8-17)20(14(2)3)22-23-16(5)19-11-12-21-13-19;1-10-6-7-2-4-8(9)5-3-7/h6-10,14,19,21H,5,11-13H2,1-4H3;2,4H,3,5-6H2,1H3/b15-6+,22-20+;. The molecule has 0 radical (unpaired) electrons. The van der Waals surface area contributed by atoms with Crippen molar-refractivity contribution >= 4 is 27.2 Å². The summed E-state index contributed by atoms with van der Waals surface area (Å²) in [6, 6.07) is 8.51. The summed E-state index contributed by atoms with van der Waals surface area (Å²) in [6.45, 7) is 15.2. The molecule has 4 nitrogen and oxygen atoms in total. The van der Waals surface area contributed by atoms with Gasteiger partial charge in [0.25, 0.3) is 0 Å². The van der Waals surface area contributed by atoms with Crippen LogP contribution in [0.2, 0.25) is 0 Å². The van der Waals surface area contributed by atoms with Gasteiger partial charge in [0.2, 0.25) is 0 Å². The van der Waals surface area contributed by atoms with Crippen molar-refractivity contribution in [1.82, 2.24) is 5.32 Å². The van der Waals surface area contributed by atoms with Crippen molar-refractivity contribution in [3.05, 3.63) is 76.0 Å². The second kappa shape index (κ2) is 14.3. The topological polar surface area (TPSA) is 42.8 Å². The summed E-state index contributed by atoms with van der Waals surface area (Å²) in [5.74, 6) is 1.42. The lowest BCUT2D eigenvalue weighted by atomic mass is 9.97. The molecule has 0 amide bonds. The minimum absolute atomic E-state index is 0.290. The van der Waals surface area contributed by atoms with Crippen LogP contribution in [-0.2, 0) is 9.57 Å². The van der Waals surface area contributed by atoms with Crippen molar-refractivity contribution < 1.29 is 9.57 Å².